The molecule has 0 saturated heterocycles. The van der Waals surface area contributed by atoms with Gasteiger partial charge >= 0.3 is 18.1 Å². The lowest BCUT2D eigenvalue weighted by Crippen LogP contribution is -2.07. The molecule has 1 heterocycles. The Morgan fingerprint density at radius 3 is 2.18 bits per heavy atom. The molecule has 0 aliphatic rings. The fourth-order valence-corrected chi connectivity index (χ4v) is 5.88. The summed E-state index contributed by atoms with van der Waals surface area (Å²) in [5, 5.41) is 18.6. The van der Waals surface area contributed by atoms with Crippen LogP contribution in [0.5, 0.6) is 5.75 Å². The number of hydrogen-bond acceptors (Lipinski definition) is 5. The Bertz CT molecular complexity index is 1530. The number of aromatic nitrogens is 1. The number of carboxylic acid groups (broad SMARTS) is 2. The van der Waals surface area contributed by atoms with E-state index in [9.17, 15) is 22.8 Å². The summed E-state index contributed by atoms with van der Waals surface area (Å²) in [6, 6.07) is 22.0. The van der Waals surface area contributed by atoms with Gasteiger partial charge in [-0.3, -0.25) is 4.79 Å². The number of benzene rings is 3. The smallest absolute Gasteiger partial charge is 0.443 e. The molecule has 238 valence electrons. The van der Waals surface area contributed by atoms with E-state index < -0.39 is 23.1 Å². The number of para-hydroxylation sites is 1. The number of aromatic carboxylic acids is 1. The summed E-state index contributed by atoms with van der Waals surface area (Å²) < 4.78 is 44.9. The molecule has 0 aliphatic heterocycles. The van der Waals surface area contributed by atoms with Gasteiger partial charge in [-0.25, -0.2) is 9.78 Å². The highest BCUT2D eigenvalue weighted by Gasteiger charge is 2.34. The molecule has 1 aromatic heterocycles. The molecule has 0 unspecified atom stereocenters. The average molecular weight is 640 g/mol. The normalized spacial score (nSPS) is 12.2. The van der Waals surface area contributed by atoms with Gasteiger partial charge in [0, 0.05) is 17.4 Å². The number of carboxylic acids is 2. The fraction of sp³-hybridized carbons (Fsp3) is 0.343. The molecular formula is C35H36F3NO5S. The Labute approximate surface area is 264 Å². The molecule has 4 aromatic rings. The number of carbonyl (C=O) groups is 2. The van der Waals surface area contributed by atoms with Crippen molar-refractivity contribution in [3.63, 3.8) is 0 Å². The van der Waals surface area contributed by atoms with Gasteiger partial charge in [-0.05, 0) is 72.9 Å². The zero-order valence-electron chi connectivity index (χ0n) is 24.8. The van der Waals surface area contributed by atoms with Crippen molar-refractivity contribution in [3.05, 3.63) is 105 Å². The van der Waals surface area contributed by atoms with Crippen LogP contribution in [0, 0.1) is 5.92 Å². The maximum atomic E-state index is 12.9. The summed E-state index contributed by atoms with van der Waals surface area (Å²) in [6.07, 6.45) is 2.66. The predicted molar refractivity (Wildman–Crippen MR) is 168 cm³/mol. The fourth-order valence-electron chi connectivity index (χ4n) is 5.18. The molecule has 0 fully saturated rings. The molecule has 0 saturated carbocycles. The minimum Gasteiger partial charge on any atom is -0.489 e. The largest absolute Gasteiger partial charge is 0.489 e. The highest BCUT2D eigenvalue weighted by atomic mass is 32.1. The summed E-state index contributed by atoms with van der Waals surface area (Å²) in [5.41, 5.74) is 4.21. The molecule has 6 nitrogen and oxygen atoms in total. The number of nitrogens with zero attached hydrogens (tertiary/aromatic N) is 1. The van der Waals surface area contributed by atoms with Crippen LogP contribution in [0.3, 0.4) is 0 Å². The Balaban J connectivity index is 1.34. The van der Waals surface area contributed by atoms with E-state index in [1.54, 1.807) is 24.3 Å². The summed E-state index contributed by atoms with van der Waals surface area (Å²) in [5.74, 6) is -0.543. The van der Waals surface area contributed by atoms with Crippen molar-refractivity contribution < 1.29 is 37.7 Å². The molecule has 0 amide bonds. The Hall–Kier alpha value is -4.18. The molecule has 0 bridgehead atoms. The molecule has 0 aliphatic carbocycles. The number of unbranched alkanes of at least 4 members (excludes halogenated alkanes) is 2. The van der Waals surface area contributed by atoms with Crippen molar-refractivity contribution >= 4 is 23.3 Å². The Morgan fingerprint density at radius 2 is 1.51 bits per heavy atom. The maximum absolute atomic E-state index is 12.9. The number of ether oxygens (including phenoxy) is 1. The highest BCUT2D eigenvalue weighted by Crippen LogP contribution is 2.34. The number of alkyl halides is 3. The molecule has 2 N–H and O–H groups in total. The number of aliphatic carboxylic acids is 1. The molecule has 1 atom stereocenters. The van der Waals surface area contributed by atoms with Crippen molar-refractivity contribution in [1.82, 2.24) is 4.98 Å². The first-order chi connectivity index (χ1) is 21.6. The predicted octanol–water partition coefficient (Wildman–Crippen LogP) is 9.32. The van der Waals surface area contributed by atoms with Crippen LogP contribution in [0.1, 0.15) is 77.0 Å². The molecule has 0 spiro atoms. The topological polar surface area (TPSA) is 96.7 Å². The van der Waals surface area contributed by atoms with Crippen LogP contribution < -0.4 is 4.74 Å². The zero-order chi connectivity index (χ0) is 32.2. The molecule has 3 aromatic carbocycles. The SMILES string of the molecule is O=C(O)CCCCC[C@H](CCc1ccc(C(=O)O)cc1)CCc1ccccc1OCc1ccc(-c2csc(C(F)(F)F)n2)cc1. The molecule has 10 heteroatoms. The van der Waals surface area contributed by atoms with Crippen molar-refractivity contribution in [2.75, 3.05) is 0 Å². The highest BCUT2D eigenvalue weighted by molar-refractivity contribution is 7.10. The first kappa shape index (κ1) is 33.7. The van der Waals surface area contributed by atoms with Crippen LogP contribution in [0.15, 0.2) is 78.2 Å². The summed E-state index contributed by atoms with van der Waals surface area (Å²) >= 11 is 0.580. The van der Waals surface area contributed by atoms with Gasteiger partial charge in [0.15, 0.2) is 5.01 Å². The summed E-state index contributed by atoms with van der Waals surface area (Å²) in [7, 11) is 0. The number of halogens is 3. The van der Waals surface area contributed by atoms with Gasteiger partial charge in [-0.1, -0.05) is 73.9 Å². The third-order valence-electron chi connectivity index (χ3n) is 7.73. The first-order valence-corrected chi connectivity index (χ1v) is 15.8. The number of rotatable bonds is 17. The first-order valence-electron chi connectivity index (χ1n) is 14.9. The maximum Gasteiger partial charge on any atom is 0.443 e. The van der Waals surface area contributed by atoms with Crippen molar-refractivity contribution in [2.24, 2.45) is 5.92 Å². The van der Waals surface area contributed by atoms with Crippen molar-refractivity contribution in [1.29, 1.82) is 0 Å². The van der Waals surface area contributed by atoms with Crippen molar-refractivity contribution in [3.8, 4) is 17.0 Å². The van der Waals surface area contributed by atoms with E-state index in [4.69, 9.17) is 14.9 Å². The second kappa shape index (κ2) is 16.2. The minimum absolute atomic E-state index is 0.178. The van der Waals surface area contributed by atoms with E-state index in [0.717, 1.165) is 67.4 Å². The van der Waals surface area contributed by atoms with E-state index in [2.05, 4.69) is 4.98 Å². The Morgan fingerprint density at radius 1 is 0.822 bits per heavy atom. The van der Waals surface area contributed by atoms with Crippen LogP contribution in [0.25, 0.3) is 11.3 Å². The van der Waals surface area contributed by atoms with Crippen LogP contribution in [-0.4, -0.2) is 27.1 Å². The summed E-state index contributed by atoms with van der Waals surface area (Å²) in [6.45, 7) is 0.307. The lowest BCUT2D eigenvalue weighted by Gasteiger charge is -2.18. The monoisotopic (exact) mass is 639 g/mol. The zero-order valence-corrected chi connectivity index (χ0v) is 25.6. The lowest BCUT2D eigenvalue weighted by molar-refractivity contribution is -0.138. The van der Waals surface area contributed by atoms with Gasteiger partial charge in [0.05, 0.1) is 11.3 Å². The molecule has 45 heavy (non-hydrogen) atoms. The molecule has 4 rings (SSSR count). The van der Waals surface area contributed by atoms with Crippen LogP contribution >= 0.6 is 11.3 Å². The quantitative estimate of drug-likeness (QED) is 0.112. The van der Waals surface area contributed by atoms with Gasteiger partial charge in [0.2, 0.25) is 0 Å². The van der Waals surface area contributed by atoms with Crippen molar-refractivity contribution in [2.45, 2.75) is 70.6 Å². The second-order valence-corrected chi connectivity index (χ2v) is 11.9. The van der Waals surface area contributed by atoms with E-state index in [1.807, 2.05) is 48.5 Å². The van der Waals surface area contributed by atoms with Crippen LogP contribution in [0.2, 0.25) is 0 Å². The van der Waals surface area contributed by atoms with Gasteiger partial charge in [0.1, 0.15) is 12.4 Å². The van der Waals surface area contributed by atoms with Crippen LogP contribution in [-0.2, 0) is 30.4 Å². The van der Waals surface area contributed by atoms with Gasteiger partial charge in [-0.2, -0.15) is 13.2 Å². The molecule has 0 radical (unpaired) electrons. The standard InChI is InChI=1S/C35H36F3NO5S/c36-35(37,38)34-39-30(23-45-34)27-17-15-26(16-18-27)22-44-31-8-5-4-7-28(31)19-12-24(6-2-1-3-9-32(40)41)10-11-25-13-20-29(21-14-25)33(42)43/h4-5,7-8,13-18,20-21,23-24H,1-3,6,9-12,19,22H2,(H,40,41)(H,42,43)/t24-/m1/s1. The third-order valence-corrected chi connectivity index (χ3v) is 8.62. The van der Waals surface area contributed by atoms with E-state index in [1.165, 1.54) is 5.38 Å². The second-order valence-electron chi connectivity index (χ2n) is 11.1. The number of thiazole rings is 1. The van der Waals surface area contributed by atoms with Crippen LogP contribution in [0.4, 0.5) is 13.2 Å². The minimum atomic E-state index is -4.46. The van der Waals surface area contributed by atoms with Gasteiger partial charge in [0.25, 0.3) is 0 Å². The average Bonchev–Trinajstić information content (AvgIpc) is 3.53. The van der Waals surface area contributed by atoms with Gasteiger partial charge < -0.3 is 14.9 Å². The molecular weight excluding hydrogens is 603 g/mol. The third kappa shape index (κ3) is 10.7. The van der Waals surface area contributed by atoms with E-state index >= 15 is 0 Å². The van der Waals surface area contributed by atoms with E-state index in [0.29, 0.717) is 41.5 Å². The Kier molecular flexibility index (Phi) is 12.2. The van der Waals surface area contributed by atoms with Gasteiger partial charge in [-0.15, -0.1) is 11.3 Å². The van der Waals surface area contributed by atoms with E-state index in [-0.39, 0.29) is 12.0 Å². The number of aryl methyl sites for hydroxylation is 2. The lowest BCUT2D eigenvalue weighted by atomic mass is 9.88. The summed E-state index contributed by atoms with van der Waals surface area (Å²) in [4.78, 5) is 25.8. The number of hydrogen-bond donors (Lipinski definition) is 2.